The molecule has 0 radical (unpaired) electrons. The van der Waals surface area contributed by atoms with Crippen molar-refractivity contribution < 1.29 is 0 Å². The van der Waals surface area contributed by atoms with Crippen LogP contribution in [0.2, 0.25) is 0 Å². The van der Waals surface area contributed by atoms with Gasteiger partial charge >= 0.3 is 0 Å². The monoisotopic (exact) mass is 247 g/mol. The molecule has 1 atom stereocenters. The highest BCUT2D eigenvalue weighted by Gasteiger charge is 2.19. The first-order valence-electron chi connectivity index (χ1n) is 6.87. The van der Waals surface area contributed by atoms with Crippen molar-refractivity contribution >= 4 is 5.69 Å². The van der Waals surface area contributed by atoms with Gasteiger partial charge in [-0.3, -0.25) is 0 Å². The predicted molar refractivity (Wildman–Crippen MR) is 77.8 cm³/mol. The van der Waals surface area contributed by atoms with Gasteiger partial charge < -0.3 is 15.5 Å². The SMILES string of the molecule is CN1CCC(CCN(C)c2cccc(CN)c2)C1. The molecule has 100 valence electrons. The van der Waals surface area contributed by atoms with Gasteiger partial charge in [-0.2, -0.15) is 0 Å². The van der Waals surface area contributed by atoms with E-state index >= 15 is 0 Å². The maximum Gasteiger partial charge on any atom is 0.0366 e. The van der Waals surface area contributed by atoms with E-state index < -0.39 is 0 Å². The molecule has 18 heavy (non-hydrogen) atoms. The Morgan fingerprint density at radius 2 is 2.28 bits per heavy atom. The molecule has 2 N–H and O–H groups in total. The van der Waals surface area contributed by atoms with Crippen molar-refractivity contribution in [2.24, 2.45) is 11.7 Å². The third kappa shape index (κ3) is 3.47. The Kier molecular flexibility index (Phi) is 4.61. The number of nitrogens with zero attached hydrogens (tertiary/aromatic N) is 2. The lowest BCUT2D eigenvalue weighted by Gasteiger charge is -2.22. The molecule has 1 saturated heterocycles. The van der Waals surface area contributed by atoms with Crippen LogP contribution in [-0.2, 0) is 6.54 Å². The van der Waals surface area contributed by atoms with Crippen LogP contribution in [0.25, 0.3) is 0 Å². The molecule has 2 rings (SSSR count). The van der Waals surface area contributed by atoms with E-state index in [1.807, 2.05) is 0 Å². The first-order chi connectivity index (χ1) is 8.69. The first-order valence-corrected chi connectivity index (χ1v) is 6.87. The van der Waals surface area contributed by atoms with Crippen LogP contribution >= 0.6 is 0 Å². The highest BCUT2D eigenvalue weighted by Crippen LogP contribution is 2.20. The third-order valence-corrected chi connectivity index (χ3v) is 3.95. The topological polar surface area (TPSA) is 32.5 Å². The van der Waals surface area contributed by atoms with Gasteiger partial charge in [0.25, 0.3) is 0 Å². The predicted octanol–water partition coefficient (Wildman–Crippen LogP) is 1.92. The maximum atomic E-state index is 5.68. The van der Waals surface area contributed by atoms with Crippen molar-refractivity contribution in [3.05, 3.63) is 29.8 Å². The van der Waals surface area contributed by atoms with Gasteiger partial charge in [0.2, 0.25) is 0 Å². The molecule has 0 amide bonds. The molecule has 1 aliphatic rings. The van der Waals surface area contributed by atoms with Gasteiger partial charge in [-0.15, -0.1) is 0 Å². The molecule has 1 aromatic carbocycles. The summed E-state index contributed by atoms with van der Waals surface area (Å²) in [5, 5.41) is 0. The lowest BCUT2D eigenvalue weighted by atomic mass is 10.0. The number of likely N-dealkylation sites (tertiary alicyclic amines) is 1. The molecule has 1 aliphatic heterocycles. The largest absolute Gasteiger partial charge is 0.375 e. The summed E-state index contributed by atoms with van der Waals surface area (Å²) in [6, 6.07) is 8.54. The average molecular weight is 247 g/mol. The smallest absolute Gasteiger partial charge is 0.0366 e. The molecule has 0 bridgehead atoms. The molecule has 0 aliphatic carbocycles. The minimum Gasteiger partial charge on any atom is -0.375 e. The standard InChI is InChI=1S/C15H25N3/c1-17-8-6-13(12-17)7-9-18(2)15-5-3-4-14(10-15)11-16/h3-5,10,13H,6-9,11-12,16H2,1-2H3. The van der Waals surface area contributed by atoms with Crippen LogP contribution in [-0.4, -0.2) is 38.6 Å². The Bertz CT molecular complexity index is 378. The molecule has 0 saturated carbocycles. The average Bonchev–Trinajstić information content (AvgIpc) is 2.82. The number of hydrogen-bond acceptors (Lipinski definition) is 3. The van der Waals surface area contributed by atoms with Crippen LogP contribution in [0.3, 0.4) is 0 Å². The number of hydrogen-bond donors (Lipinski definition) is 1. The van der Waals surface area contributed by atoms with Crippen LogP contribution < -0.4 is 10.6 Å². The van der Waals surface area contributed by atoms with E-state index in [1.54, 1.807) is 0 Å². The Labute approximate surface area is 111 Å². The maximum absolute atomic E-state index is 5.68. The summed E-state index contributed by atoms with van der Waals surface area (Å²) in [5.41, 5.74) is 8.17. The minimum atomic E-state index is 0.620. The second-order valence-corrected chi connectivity index (χ2v) is 5.50. The molecular weight excluding hydrogens is 222 g/mol. The van der Waals surface area contributed by atoms with Crippen molar-refractivity contribution in [1.82, 2.24) is 4.90 Å². The van der Waals surface area contributed by atoms with Crippen molar-refractivity contribution in [2.45, 2.75) is 19.4 Å². The zero-order valence-electron chi connectivity index (χ0n) is 11.6. The van der Waals surface area contributed by atoms with Gasteiger partial charge in [0.1, 0.15) is 0 Å². The summed E-state index contributed by atoms with van der Waals surface area (Å²) < 4.78 is 0. The van der Waals surface area contributed by atoms with Gasteiger partial charge in [0, 0.05) is 32.4 Å². The highest BCUT2D eigenvalue weighted by molar-refractivity contribution is 5.47. The van der Waals surface area contributed by atoms with Crippen molar-refractivity contribution in [1.29, 1.82) is 0 Å². The summed E-state index contributed by atoms with van der Waals surface area (Å²) in [5.74, 6) is 0.871. The molecule has 1 unspecified atom stereocenters. The first kappa shape index (κ1) is 13.4. The van der Waals surface area contributed by atoms with Crippen molar-refractivity contribution in [3.63, 3.8) is 0 Å². The van der Waals surface area contributed by atoms with E-state index in [0.717, 1.165) is 12.5 Å². The van der Waals surface area contributed by atoms with Gasteiger partial charge in [0.15, 0.2) is 0 Å². The van der Waals surface area contributed by atoms with Gasteiger partial charge in [0.05, 0.1) is 0 Å². The zero-order valence-corrected chi connectivity index (χ0v) is 11.6. The molecule has 3 heteroatoms. The summed E-state index contributed by atoms with van der Waals surface area (Å²) >= 11 is 0. The molecule has 0 spiro atoms. The van der Waals surface area contributed by atoms with Crippen molar-refractivity contribution in [3.8, 4) is 0 Å². The Hall–Kier alpha value is -1.06. The normalized spacial score (nSPS) is 20.3. The van der Waals surface area contributed by atoms with E-state index in [2.05, 4.69) is 48.2 Å². The van der Waals surface area contributed by atoms with E-state index in [-0.39, 0.29) is 0 Å². The summed E-state index contributed by atoms with van der Waals surface area (Å²) in [7, 11) is 4.39. The second-order valence-electron chi connectivity index (χ2n) is 5.50. The number of nitrogens with two attached hydrogens (primary N) is 1. The molecule has 3 nitrogen and oxygen atoms in total. The fourth-order valence-corrected chi connectivity index (χ4v) is 2.69. The number of rotatable bonds is 5. The van der Waals surface area contributed by atoms with E-state index in [4.69, 9.17) is 5.73 Å². The highest BCUT2D eigenvalue weighted by atomic mass is 15.1. The van der Waals surface area contributed by atoms with Gasteiger partial charge in [-0.25, -0.2) is 0 Å². The third-order valence-electron chi connectivity index (χ3n) is 3.95. The zero-order chi connectivity index (χ0) is 13.0. The van der Waals surface area contributed by atoms with Crippen LogP contribution in [0.1, 0.15) is 18.4 Å². The lowest BCUT2D eigenvalue weighted by Crippen LogP contribution is -2.22. The van der Waals surface area contributed by atoms with Gasteiger partial charge in [-0.1, -0.05) is 12.1 Å². The summed E-state index contributed by atoms with van der Waals surface area (Å²) in [4.78, 5) is 4.77. The molecule has 0 aromatic heterocycles. The van der Waals surface area contributed by atoms with Crippen molar-refractivity contribution in [2.75, 3.05) is 38.6 Å². The van der Waals surface area contributed by atoms with Crippen LogP contribution in [0.15, 0.2) is 24.3 Å². The van der Waals surface area contributed by atoms with Crippen LogP contribution in [0, 0.1) is 5.92 Å². The second kappa shape index (κ2) is 6.21. The molecular formula is C15H25N3. The summed E-state index contributed by atoms with van der Waals surface area (Å²) in [6.07, 6.45) is 2.64. The number of anilines is 1. The van der Waals surface area contributed by atoms with E-state index in [0.29, 0.717) is 6.54 Å². The van der Waals surface area contributed by atoms with Crippen LogP contribution in [0.4, 0.5) is 5.69 Å². The van der Waals surface area contributed by atoms with E-state index in [9.17, 15) is 0 Å². The summed E-state index contributed by atoms with van der Waals surface area (Å²) in [6.45, 7) is 4.27. The quantitative estimate of drug-likeness (QED) is 0.863. The fourth-order valence-electron chi connectivity index (χ4n) is 2.69. The molecule has 1 fully saturated rings. The Morgan fingerprint density at radius 3 is 2.94 bits per heavy atom. The van der Waals surface area contributed by atoms with Gasteiger partial charge in [-0.05, 0) is 50.0 Å². The minimum absolute atomic E-state index is 0.620. The number of benzene rings is 1. The van der Waals surface area contributed by atoms with Crippen LogP contribution in [0.5, 0.6) is 0 Å². The molecule has 1 heterocycles. The Balaban J connectivity index is 1.85. The Morgan fingerprint density at radius 1 is 1.44 bits per heavy atom. The fraction of sp³-hybridized carbons (Fsp3) is 0.600. The lowest BCUT2D eigenvalue weighted by molar-refractivity contribution is 0.389. The molecule has 1 aromatic rings. The van der Waals surface area contributed by atoms with E-state index in [1.165, 1.54) is 37.2 Å².